The van der Waals surface area contributed by atoms with Gasteiger partial charge in [0.2, 0.25) is 0 Å². The summed E-state index contributed by atoms with van der Waals surface area (Å²) in [5.74, 6) is 0.492. The zero-order valence-electron chi connectivity index (χ0n) is 11.1. The molecule has 4 nitrogen and oxygen atoms in total. The van der Waals surface area contributed by atoms with Crippen LogP contribution in [-0.4, -0.2) is 22.3 Å². The predicted octanol–water partition coefficient (Wildman–Crippen LogP) is 3.29. The first kappa shape index (κ1) is 13.8. The molecule has 0 spiro atoms. The van der Waals surface area contributed by atoms with Crippen LogP contribution < -0.4 is 4.74 Å². The number of nitrogens with zero attached hydrogens (tertiary/aromatic N) is 2. The van der Waals surface area contributed by atoms with Gasteiger partial charge in [0.1, 0.15) is 5.75 Å². The Morgan fingerprint density at radius 2 is 1.89 bits per heavy atom. The Morgan fingerprint density at radius 3 is 2.42 bits per heavy atom. The smallest absolute Gasteiger partial charge is 0.284 e. The number of rotatable bonds is 3. The fourth-order valence-corrected chi connectivity index (χ4v) is 1.96. The van der Waals surface area contributed by atoms with Crippen LogP contribution in [0.25, 0.3) is 0 Å². The number of carbonyl (C=O) groups excluding carboxylic acids is 1. The second-order valence-corrected chi connectivity index (χ2v) is 5.26. The van der Waals surface area contributed by atoms with Gasteiger partial charge >= 0.3 is 0 Å². The van der Waals surface area contributed by atoms with E-state index in [1.54, 1.807) is 0 Å². The van der Waals surface area contributed by atoms with Crippen molar-refractivity contribution >= 4 is 21.8 Å². The zero-order chi connectivity index (χ0) is 14.0. The summed E-state index contributed by atoms with van der Waals surface area (Å²) in [6.07, 6.45) is 0. The first-order valence-corrected chi connectivity index (χ1v) is 6.72. The van der Waals surface area contributed by atoms with Crippen molar-refractivity contribution in [2.75, 3.05) is 6.61 Å². The van der Waals surface area contributed by atoms with Gasteiger partial charge in [0, 0.05) is 10.2 Å². The second-order valence-electron chi connectivity index (χ2n) is 4.34. The maximum Gasteiger partial charge on any atom is 0.284 e. The van der Waals surface area contributed by atoms with E-state index in [1.165, 1.54) is 4.68 Å². The molecule has 1 aromatic heterocycles. The molecule has 0 radical (unpaired) electrons. The Kier molecular flexibility index (Phi) is 4.04. The van der Waals surface area contributed by atoms with Crippen molar-refractivity contribution in [3.8, 4) is 5.75 Å². The van der Waals surface area contributed by atoms with Crippen molar-refractivity contribution in [2.45, 2.75) is 20.8 Å². The molecule has 0 aliphatic carbocycles. The number of halogens is 1. The molecule has 0 unspecified atom stereocenters. The van der Waals surface area contributed by atoms with Crippen molar-refractivity contribution in [3.05, 3.63) is 45.7 Å². The Morgan fingerprint density at radius 1 is 1.26 bits per heavy atom. The number of ether oxygens (including phenoxy) is 1. The van der Waals surface area contributed by atoms with Crippen molar-refractivity contribution in [1.82, 2.24) is 9.78 Å². The van der Waals surface area contributed by atoms with E-state index in [1.807, 2.05) is 45.0 Å². The lowest BCUT2D eigenvalue weighted by Gasteiger charge is -2.06. The van der Waals surface area contributed by atoms with Gasteiger partial charge in [-0.2, -0.15) is 5.10 Å². The van der Waals surface area contributed by atoms with Crippen molar-refractivity contribution in [2.24, 2.45) is 0 Å². The standard InChI is InChI=1S/C14H15BrN2O2/c1-9-10(2)16-17(11(9)3)14(18)8-19-13-6-4-12(15)5-7-13/h4-7H,8H2,1-3H3. The fourth-order valence-electron chi connectivity index (χ4n) is 1.70. The monoisotopic (exact) mass is 322 g/mol. The van der Waals surface area contributed by atoms with Gasteiger partial charge < -0.3 is 4.74 Å². The molecule has 0 aliphatic heterocycles. The molecular weight excluding hydrogens is 308 g/mol. The molecule has 2 rings (SSSR count). The molecule has 100 valence electrons. The fraction of sp³-hybridized carbons (Fsp3) is 0.286. The van der Waals surface area contributed by atoms with Crippen LogP contribution in [-0.2, 0) is 0 Å². The van der Waals surface area contributed by atoms with Gasteiger partial charge in [-0.05, 0) is 50.6 Å². The maximum atomic E-state index is 12.0. The Hall–Kier alpha value is -1.62. The molecule has 19 heavy (non-hydrogen) atoms. The van der Waals surface area contributed by atoms with Gasteiger partial charge in [0.15, 0.2) is 6.61 Å². The largest absolute Gasteiger partial charge is 0.484 e. The highest BCUT2D eigenvalue weighted by Gasteiger charge is 2.14. The Bertz CT molecular complexity index is 603. The number of hydrogen-bond acceptors (Lipinski definition) is 3. The normalized spacial score (nSPS) is 10.5. The number of carbonyl (C=O) groups is 1. The van der Waals surface area contributed by atoms with Crippen LogP contribution in [0.15, 0.2) is 28.7 Å². The first-order chi connectivity index (χ1) is 8.99. The van der Waals surface area contributed by atoms with Crippen LogP contribution in [0.3, 0.4) is 0 Å². The topological polar surface area (TPSA) is 44.1 Å². The van der Waals surface area contributed by atoms with Crippen LogP contribution in [0.1, 0.15) is 21.7 Å². The van der Waals surface area contributed by atoms with Gasteiger partial charge in [-0.3, -0.25) is 4.79 Å². The summed E-state index contributed by atoms with van der Waals surface area (Å²) in [5, 5.41) is 4.22. The molecule has 1 heterocycles. The summed E-state index contributed by atoms with van der Waals surface area (Å²) in [6, 6.07) is 7.36. The molecule has 0 saturated carbocycles. The van der Waals surface area contributed by atoms with Gasteiger partial charge in [-0.15, -0.1) is 0 Å². The minimum atomic E-state index is -0.170. The van der Waals surface area contributed by atoms with Gasteiger partial charge in [0.05, 0.1) is 5.69 Å². The lowest BCUT2D eigenvalue weighted by Crippen LogP contribution is -2.21. The van der Waals surface area contributed by atoms with E-state index in [4.69, 9.17) is 4.74 Å². The SMILES string of the molecule is Cc1nn(C(=O)COc2ccc(Br)cc2)c(C)c1C. The second kappa shape index (κ2) is 5.57. The summed E-state index contributed by atoms with van der Waals surface area (Å²) >= 11 is 3.35. The summed E-state index contributed by atoms with van der Waals surface area (Å²) in [4.78, 5) is 12.0. The number of hydrogen-bond donors (Lipinski definition) is 0. The van der Waals surface area contributed by atoms with E-state index < -0.39 is 0 Å². The molecule has 0 amide bonds. The van der Waals surface area contributed by atoms with Gasteiger partial charge in [-0.25, -0.2) is 4.68 Å². The molecule has 0 aliphatic rings. The third-order valence-electron chi connectivity index (χ3n) is 3.07. The Labute approximate surface area is 120 Å². The minimum absolute atomic E-state index is 0.0248. The first-order valence-electron chi connectivity index (χ1n) is 5.93. The number of aryl methyl sites for hydroxylation is 1. The van der Waals surface area contributed by atoms with Crippen LogP contribution in [0.4, 0.5) is 0 Å². The zero-order valence-corrected chi connectivity index (χ0v) is 12.7. The van der Waals surface area contributed by atoms with Gasteiger partial charge in [0.25, 0.3) is 5.91 Å². The molecule has 5 heteroatoms. The maximum absolute atomic E-state index is 12.0. The average molecular weight is 323 g/mol. The highest BCUT2D eigenvalue weighted by Crippen LogP contribution is 2.16. The van der Waals surface area contributed by atoms with Crippen molar-refractivity contribution < 1.29 is 9.53 Å². The summed E-state index contributed by atoms with van der Waals surface area (Å²) in [7, 11) is 0. The van der Waals surface area contributed by atoms with Crippen molar-refractivity contribution in [1.29, 1.82) is 0 Å². The lowest BCUT2D eigenvalue weighted by molar-refractivity contribution is 0.0818. The quantitative estimate of drug-likeness (QED) is 0.871. The van der Waals surface area contributed by atoms with Gasteiger partial charge in [-0.1, -0.05) is 15.9 Å². The van der Waals surface area contributed by atoms with E-state index in [0.29, 0.717) is 5.75 Å². The molecule has 0 bridgehead atoms. The van der Waals surface area contributed by atoms with Crippen LogP contribution >= 0.6 is 15.9 Å². The van der Waals surface area contributed by atoms with Crippen LogP contribution in [0.2, 0.25) is 0 Å². The van der Waals surface area contributed by atoms with E-state index in [9.17, 15) is 4.79 Å². The van der Waals surface area contributed by atoms with Crippen LogP contribution in [0.5, 0.6) is 5.75 Å². The molecular formula is C14H15BrN2O2. The molecule has 0 fully saturated rings. The van der Waals surface area contributed by atoms with E-state index in [-0.39, 0.29) is 12.5 Å². The molecule has 0 N–H and O–H groups in total. The lowest BCUT2D eigenvalue weighted by atomic mass is 10.2. The van der Waals surface area contributed by atoms with E-state index >= 15 is 0 Å². The Balaban J connectivity index is 2.05. The predicted molar refractivity (Wildman–Crippen MR) is 76.7 cm³/mol. The molecule has 1 aromatic carbocycles. The summed E-state index contributed by atoms with van der Waals surface area (Å²) < 4.78 is 7.83. The highest BCUT2D eigenvalue weighted by molar-refractivity contribution is 9.10. The van der Waals surface area contributed by atoms with Crippen molar-refractivity contribution in [3.63, 3.8) is 0 Å². The van der Waals surface area contributed by atoms with E-state index in [2.05, 4.69) is 21.0 Å². The minimum Gasteiger partial charge on any atom is -0.484 e. The third kappa shape index (κ3) is 3.04. The number of benzene rings is 1. The van der Waals surface area contributed by atoms with E-state index in [0.717, 1.165) is 21.4 Å². The third-order valence-corrected chi connectivity index (χ3v) is 3.59. The highest BCUT2D eigenvalue weighted by atomic mass is 79.9. The summed E-state index contributed by atoms with van der Waals surface area (Å²) in [5.41, 5.74) is 2.77. The van der Waals surface area contributed by atoms with Crippen LogP contribution in [0, 0.1) is 20.8 Å². The average Bonchev–Trinajstić information content (AvgIpc) is 2.65. The summed E-state index contributed by atoms with van der Waals surface area (Å²) in [6.45, 7) is 5.70. The number of aromatic nitrogens is 2. The molecule has 2 aromatic rings. The molecule has 0 atom stereocenters. The molecule has 0 saturated heterocycles.